The van der Waals surface area contributed by atoms with Crippen LogP contribution in [0.1, 0.15) is 13.8 Å². The molecule has 13 heavy (non-hydrogen) atoms. The Morgan fingerprint density at radius 3 is 2.54 bits per heavy atom. The van der Waals surface area contributed by atoms with Crippen LogP contribution in [0, 0.1) is 0 Å². The molecule has 0 bridgehead atoms. The third kappa shape index (κ3) is 3.56. The molecular weight excluding hydrogens is 182 g/mol. The normalized spacial score (nSPS) is 32.1. The first-order valence-corrected chi connectivity index (χ1v) is 4.45. The fraction of sp³-hybridized carbons (Fsp3) is 1.00. The summed E-state index contributed by atoms with van der Waals surface area (Å²) in [6, 6.07) is -0.125. The second kappa shape index (κ2) is 3.88. The Balaban J connectivity index is 2.47. The molecule has 1 fully saturated rings. The molecule has 1 aliphatic heterocycles. The number of hydrogen-bond donors (Lipinski definition) is 0. The lowest BCUT2D eigenvalue weighted by molar-refractivity contribution is -0.0451. The van der Waals surface area contributed by atoms with E-state index in [1.54, 1.807) is 13.8 Å². The van der Waals surface area contributed by atoms with Gasteiger partial charge in [-0.1, -0.05) is 0 Å². The van der Waals surface area contributed by atoms with Gasteiger partial charge in [0.15, 0.2) is 0 Å². The van der Waals surface area contributed by atoms with Crippen molar-refractivity contribution in [3.63, 3.8) is 0 Å². The highest BCUT2D eigenvalue weighted by Crippen LogP contribution is 2.17. The maximum atomic E-state index is 12.1. The molecule has 6 heteroatoms. The Morgan fingerprint density at radius 2 is 2.00 bits per heavy atom. The Morgan fingerprint density at radius 1 is 1.38 bits per heavy atom. The van der Waals surface area contributed by atoms with Crippen molar-refractivity contribution >= 4 is 6.98 Å². The van der Waals surface area contributed by atoms with E-state index >= 15 is 0 Å². The van der Waals surface area contributed by atoms with Gasteiger partial charge in [0.25, 0.3) is 0 Å². The molecule has 0 amide bonds. The second-order valence-electron chi connectivity index (χ2n) is 3.66. The minimum Gasteiger partial charge on any atom is -0.448 e. The Bertz CT molecular complexity index is 176. The summed E-state index contributed by atoms with van der Waals surface area (Å²) in [6.07, 6.45) is -0.858. The van der Waals surface area contributed by atoms with Crippen LogP contribution in [0.15, 0.2) is 0 Å². The molecule has 0 aliphatic carbocycles. The summed E-state index contributed by atoms with van der Waals surface area (Å²) in [5.74, 6) is 0. The van der Waals surface area contributed by atoms with Crippen LogP contribution in [0.2, 0.25) is 0 Å². The van der Waals surface area contributed by atoms with Gasteiger partial charge in [-0.15, -0.1) is 0 Å². The molecule has 78 valence electrons. The molecule has 0 N–H and O–H groups in total. The largest absolute Gasteiger partial charge is 0.492 e. The van der Waals surface area contributed by atoms with E-state index in [4.69, 9.17) is 4.74 Å². The van der Waals surface area contributed by atoms with Crippen LogP contribution < -0.4 is 0 Å². The number of hydrogen-bond acceptors (Lipinski definition) is 2. The fourth-order valence-corrected chi connectivity index (χ4v) is 1.49. The molecule has 2 unspecified atom stereocenters. The standard InChI is InChI=1S/C7H14BF3NO/c1-6-4-13-7(2)3-12(6)5-8(9,10)11/h6-7H,3-5H2,1-2H3/q-1. The Kier molecular flexibility index (Phi) is 3.24. The van der Waals surface area contributed by atoms with Crippen molar-refractivity contribution in [3.05, 3.63) is 0 Å². The number of morpholine rings is 1. The van der Waals surface area contributed by atoms with Crippen molar-refractivity contribution in [1.82, 2.24) is 4.90 Å². The molecule has 1 rings (SSSR count). The van der Waals surface area contributed by atoms with Gasteiger partial charge in [0, 0.05) is 12.6 Å². The third-order valence-electron chi connectivity index (χ3n) is 2.18. The molecule has 0 radical (unpaired) electrons. The zero-order valence-corrected chi connectivity index (χ0v) is 7.84. The molecule has 0 aromatic heterocycles. The van der Waals surface area contributed by atoms with Crippen LogP contribution in [0.5, 0.6) is 0 Å². The number of rotatable bonds is 2. The summed E-state index contributed by atoms with van der Waals surface area (Å²) in [4.78, 5) is 1.44. The number of halogens is 3. The molecule has 1 heterocycles. The SMILES string of the molecule is CC1CN(C[B-](F)(F)F)C(C)CO1. The van der Waals surface area contributed by atoms with Crippen molar-refractivity contribution in [2.75, 3.05) is 19.6 Å². The van der Waals surface area contributed by atoms with Crippen LogP contribution in [0.4, 0.5) is 12.9 Å². The average molecular weight is 196 g/mol. The molecule has 0 aromatic carbocycles. The van der Waals surface area contributed by atoms with Crippen LogP contribution in [0.3, 0.4) is 0 Å². The maximum absolute atomic E-state index is 12.1. The summed E-state index contributed by atoms with van der Waals surface area (Å²) < 4.78 is 41.6. The van der Waals surface area contributed by atoms with Crippen LogP contribution in [-0.4, -0.2) is 43.6 Å². The van der Waals surface area contributed by atoms with Gasteiger partial charge in [0.2, 0.25) is 0 Å². The molecule has 0 spiro atoms. The van der Waals surface area contributed by atoms with E-state index in [1.165, 1.54) is 4.90 Å². The van der Waals surface area contributed by atoms with Gasteiger partial charge in [-0.3, -0.25) is 0 Å². The molecule has 2 atom stereocenters. The Hall–Kier alpha value is -0.225. The molecule has 0 saturated carbocycles. The van der Waals surface area contributed by atoms with Crippen molar-refractivity contribution in [3.8, 4) is 0 Å². The highest BCUT2D eigenvalue weighted by Gasteiger charge is 2.31. The average Bonchev–Trinajstić information content (AvgIpc) is 1.94. The maximum Gasteiger partial charge on any atom is 0.492 e. The lowest BCUT2D eigenvalue weighted by Gasteiger charge is -2.39. The van der Waals surface area contributed by atoms with E-state index in [2.05, 4.69) is 0 Å². The summed E-state index contributed by atoms with van der Waals surface area (Å²) in [5.41, 5.74) is 0. The van der Waals surface area contributed by atoms with E-state index in [0.29, 0.717) is 13.2 Å². The molecule has 1 saturated heterocycles. The first kappa shape index (κ1) is 10.9. The summed E-state index contributed by atoms with van der Waals surface area (Å²) in [6.45, 7) is -0.384. The van der Waals surface area contributed by atoms with Crippen molar-refractivity contribution in [2.45, 2.75) is 26.0 Å². The van der Waals surface area contributed by atoms with E-state index in [1.807, 2.05) is 0 Å². The van der Waals surface area contributed by atoms with Gasteiger partial charge in [-0.05, 0) is 20.3 Å². The van der Waals surface area contributed by atoms with Gasteiger partial charge in [0.1, 0.15) is 0 Å². The van der Waals surface area contributed by atoms with Gasteiger partial charge in [-0.2, -0.15) is 0 Å². The van der Waals surface area contributed by atoms with Crippen LogP contribution in [0.25, 0.3) is 0 Å². The lowest BCUT2D eigenvalue weighted by atomic mass is 9.90. The predicted molar refractivity (Wildman–Crippen MR) is 45.5 cm³/mol. The molecule has 2 nitrogen and oxygen atoms in total. The molecule has 1 aliphatic rings. The van der Waals surface area contributed by atoms with Crippen molar-refractivity contribution in [1.29, 1.82) is 0 Å². The van der Waals surface area contributed by atoms with Crippen molar-refractivity contribution < 1.29 is 17.7 Å². The van der Waals surface area contributed by atoms with E-state index in [-0.39, 0.29) is 12.1 Å². The predicted octanol–water partition coefficient (Wildman–Crippen LogP) is 1.48. The van der Waals surface area contributed by atoms with Crippen LogP contribution >= 0.6 is 0 Å². The molecule has 0 aromatic rings. The Labute approximate surface area is 76.1 Å². The van der Waals surface area contributed by atoms with Gasteiger partial charge in [0.05, 0.1) is 12.7 Å². The minimum absolute atomic E-state index is 0.0886. The minimum atomic E-state index is -4.71. The zero-order valence-electron chi connectivity index (χ0n) is 7.84. The lowest BCUT2D eigenvalue weighted by Crippen LogP contribution is -2.52. The summed E-state index contributed by atoms with van der Waals surface area (Å²) in [7, 11) is 0. The van der Waals surface area contributed by atoms with E-state index < -0.39 is 13.4 Å². The van der Waals surface area contributed by atoms with Crippen LogP contribution in [-0.2, 0) is 4.74 Å². The fourth-order valence-electron chi connectivity index (χ4n) is 1.49. The topological polar surface area (TPSA) is 12.5 Å². The van der Waals surface area contributed by atoms with Gasteiger partial charge >= 0.3 is 6.98 Å². The summed E-state index contributed by atoms with van der Waals surface area (Å²) in [5, 5.41) is 0. The van der Waals surface area contributed by atoms with Crippen molar-refractivity contribution in [2.24, 2.45) is 0 Å². The highest BCUT2D eigenvalue weighted by molar-refractivity contribution is 6.58. The quantitative estimate of drug-likeness (QED) is 0.620. The summed E-state index contributed by atoms with van der Waals surface area (Å²) >= 11 is 0. The first-order valence-electron chi connectivity index (χ1n) is 4.45. The van der Waals surface area contributed by atoms with E-state index in [9.17, 15) is 12.9 Å². The number of nitrogens with zero attached hydrogens (tertiary/aromatic N) is 1. The van der Waals surface area contributed by atoms with Gasteiger partial charge in [-0.25, -0.2) is 0 Å². The second-order valence-corrected chi connectivity index (χ2v) is 3.66. The monoisotopic (exact) mass is 196 g/mol. The molecular formula is C7H14BF3NO-. The van der Waals surface area contributed by atoms with Gasteiger partial charge < -0.3 is 22.6 Å². The smallest absolute Gasteiger partial charge is 0.448 e. The highest BCUT2D eigenvalue weighted by atomic mass is 19.4. The number of ether oxygens (including phenoxy) is 1. The third-order valence-corrected chi connectivity index (χ3v) is 2.18. The zero-order chi connectivity index (χ0) is 10.1. The van der Waals surface area contributed by atoms with E-state index in [0.717, 1.165) is 0 Å². The first-order chi connectivity index (χ1) is 5.88.